The molecule has 0 nitrogen and oxygen atoms in total. The highest BCUT2D eigenvalue weighted by Crippen LogP contribution is 2.53. The molecular formula is C6H2F9I. The second kappa shape index (κ2) is 4.26. The standard InChI is InChI=1S/C6H2F9I/c7-3(1-2-16,5(10,11)12)4(8,9)6(13,14)15/h1-2H/b2-1+/t3-/m0/s1. The molecule has 0 rings (SSSR count). The van der Waals surface area contributed by atoms with Crippen LogP contribution >= 0.6 is 22.6 Å². The number of hydrogen-bond donors (Lipinski definition) is 0. The van der Waals surface area contributed by atoms with Crippen LogP contribution in [0, 0.1) is 0 Å². The zero-order valence-electron chi connectivity index (χ0n) is 6.93. The van der Waals surface area contributed by atoms with Gasteiger partial charge in [0.15, 0.2) is 0 Å². The largest absolute Gasteiger partial charge is 0.457 e. The topological polar surface area (TPSA) is 0 Å². The molecule has 0 aromatic heterocycles. The van der Waals surface area contributed by atoms with Gasteiger partial charge in [0.05, 0.1) is 0 Å². The molecule has 0 aromatic carbocycles. The predicted octanol–water partition coefficient (Wildman–Crippen LogP) is 4.40. The average Bonchev–Trinajstić information content (AvgIpc) is 1.99. The van der Waals surface area contributed by atoms with E-state index in [-0.39, 0.29) is 4.08 Å². The Kier molecular flexibility index (Phi) is 4.21. The van der Waals surface area contributed by atoms with Crippen molar-refractivity contribution in [2.45, 2.75) is 23.9 Å². The predicted molar refractivity (Wildman–Crippen MR) is 44.1 cm³/mol. The Balaban J connectivity index is 5.74. The highest BCUT2D eigenvalue weighted by molar-refractivity contribution is 14.1. The number of alkyl halides is 9. The molecular weight excluding hydrogens is 370 g/mol. The number of hydrogen-bond acceptors (Lipinski definition) is 0. The van der Waals surface area contributed by atoms with Gasteiger partial charge in [0.1, 0.15) is 0 Å². The van der Waals surface area contributed by atoms with Gasteiger partial charge < -0.3 is 0 Å². The van der Waals surface area contributed by atoms with Crippen LogP contribution in [0.2, 0.25) is 0 Å². The second-order valence-corrected chi connectivity index (χ2v) is 3.29. The molecule has 0 aromatic rings. The molecule has 0 saturated carbocycles. The summed E-state index contributed by atoms with van der Waals surface area (Å²) in [6.07, 6.45) is -13.9. The maximum Gasteiger partial charge on any atom is 0.457 e. The Morgan fingerprint density at radius 3 is 1.25 bits per heavy atom. The van der Waals surface area contributed by atoms with E-state index in [0.717, 1.165) is 22.6 Å². The van der Waals surface area contributed by atoms with Crippen molar-refractivity contribution in [3.8, 4) is 0 Å². The summed E-state index contributed by atoms with van der Waals surface area (Å²) in [7, 11) is 0. The van der Waals surface area contributed by atoms with E-state index in [2.05, 4.69) is 0 Å². The lowest BCUT2D eigenvalue weighted by Gasteiger charge is -2.33. The Labute approximate surface area is 96.6 Å². The van der Waals surface area contributed by atoms with Crippen LogP contribution in [-0.4, -0.2) is 23.9 Å². The van der Waals surface area contributed by atoms with Crippen molar-refractivity contribution < 1.29 is 39.5 Å². The van der Waals surface area contributed by atoms with Crippen LogP contribution in [-0.2, 0) is 0 Å². The van der Waals surface area contributed by atoms with Crippen LogP contribution in [0.25, 0.3) is 0 Å². The van der Waals surface area contributed by atoms with E-state index < -0.39 is 30.0 Å². The quantitative estimate of drug-likeness (QED) is 0.498. The SMILES string of the molecule is FC(F)(F)C(F)(F)[C@@](F)(/C=C/I)C(F)(F)F. The third-order valence-corrected chi connectivity index (χ3v) is 1.88. The van der Waals surface area contributed by atoms with Crippen LogP contribution in [0.4, 0.5) is 39.5 Å². The van der Waals surface area contributed by atoms with Crippen LogP contribution in [0.15, 0.2) is 10.2 Å². The molecule has 0 bridgehead atoms. The summed E-state index contributed by atoms with van der Waals surface area (Å²) in [5.41, 5.74) is -5.78. The van der Waals surface area contributed by atoms with Crippen LogP contribution < -0.4 is 0 Å². The molecule has 0 amide bonds. The van der Waals surface area contributed by atoms with E-state index in [9.17, 15) is 39.5 Å². The molecule has 96 valence electrons. The van der Waals surface area contributed by atoms with Crippen molar-refractivity contribution in [2.75, 3.05) is 0 Å². The summed E-state index contributed by atoms with van der Waals surface area (Å²) in [5.74, 6) is -6.56. The molecule has 0 aliphatic rings. The van der Waals surface area contributed by atoms with Gasteiger partial charge in [-0.15, -0.1) is 0 Å². The highest BCUT2D eigenvalue weighted by atomic mass is 127. The second-order valence-electron chi connectivity index (χ2n) is 2.57. The van der Waals surface area contributed by atoms with Gasteiger partial charge in [-0.25, -0.2) is 4.39 Å². The lowest BCUT2D eigenvalue weighted by molar-refractivity contribution is -0.369. The van der Waals surface area contributed by atoms with Gasteiger partial charge in [0, 0.05) is 0 Å². The van der Waals surface area contributed by atoms with E-state index >= 15 is 0 Å². The van der Waals surface area contributed by atoms with Gasteiger partial charge in [-0.3, -0.25) is 0 Å². The van der Waals surface area contributed by atoms with Gasteiger partial charge in [-0.2, -0.15) is 35.1 Å². The van der Waals surface area contributed by atoms with Crippen molar-refractivity contribution in [1.82, 2.24) is 0 Å². The maximum absolute atomic E-state index is 12.9. The van der Waals surface area contributed by atoms with Gasteiger partial charge in [-0.1, -0.05) is 22.6 Å². The van der Waals surface area contributed by atoms with Crippen molar-refractivity contribution in [1.29, 1.82) is 0 Å². The Morgan fingerprint density at radius 1 is 0.688 bits per heavy atom. The molecule has 0 radical (unpaired) electrons. The first-order valence-electron chi connectivity index (χ1n) is 3.29. The number of halogens is 10. The van der Waals surface area contributed by atoms with Crippen LogP contribution in [0.3, 0.4) is 0 Å². The molecule has 0 aliphatic heterocycles. The highest BCUT2D eigenvalue weighted by Gasteiger charge is 2.80. The molecule has 0 heterocycles. The van der Waals surface area contributed by atoms with Gasteiger partial charge in [0.2, 0.25) is 0 Å². The van der Waals surface area contributed by atoms with E-state index in [1.54, 1.807) is 0 Å². The average molecular weight is 372 g/mol. The van der Waals surface area contributed by atoms with E-state index in [1.807, 2.05) is 0 Å². The third kappa shape index (κ3) is 2.40. The molecule has 0 unspecified atom stereocenters. The summed E-state index contributed by atoms with van der Waals surface area (Å²) < 4.78 is 108. The summed E-state index contributed by atoms with van der Waals surface area (Å²) in [6.45, 7) is 0. The summed E-state index contributed by atoms with van der Waals surface area (Å²) >= 11 is 0.900. The lowest BCUT2D eigenvalue weighted by atomic mass is 9.96. The molecule has 0 N–H and O–H groups in total. The normalized spacial score (nSPS) is 18.9. The molecule has 0 fully saturated rings. The fourth-order valence-corrected chi connectivity index (χ4v) is 1.17. The minimum absolute atomic E-state index is 0.102. The Morgan fingerprint density at radius 2 is 1.06 bits per heavy atom. The summed E-state index contributed by atoms with van der Waals surface area (Å²) in [6, 6.07) is 0. The number of rotatable bonds is 2. The third-order valence-electron chi connectivity index (χ3n) is 1.52. The maximum atomic E-state index is 12.9. The molecule has 1 atom stereocenters. The molecule has 0 spiro atoms. The van der Waals surface area contributed by atoms with E-state index in [1.165, 1.54) is 0 Å². The molecule has 10 heteroatoms. The van der Waals surface area contributed by atoms with Crippen molar-refractivity contribution in [3.63, 3.8) is 0 Å². The van der Waals surface area contributed by atoms with E-state index in [4.69, 9.17) is 0 Å². The summed E-state index contributed by atoms with van der Waals surface area (Å²) in [5, 5.41) is 0. The van der Waals surface area contributed by atoms with Crippen molar-refractivity contribution >= 4 is 22.6 Å². The molecule has 16 heavy (non-hydrogen) atoms. The number of allylic oxidation sites excluding steroid dienone is 1. The first kappa shape index (κ1) is 15.8. The monoisotopic (exact) mass is 372 g/mol. The Hall–Kier alpha value is -0.160. The Bertz CT molecular complexity index is 275. The zero-order chi connectivity index (χ0) is 13.4. The first-order chi connectivity index (χ1) is 6.81. The minimum atomic E-state index is -6.65. The first-order valence-corrected chi connectivity index (χ1v) is 4.54. The fourth-order valence-electron chi connectivity index (χ4n) is 0.670. The van der Waals surface area contributed by atoms with Crippen LogP contribution in [0.1, 0.15) is 0 Å². The summed E-state index contributed by atoms with van der Waals surface area (Å²) in [4.78, 5) is 0. The smallest absolute Gasteiger partial charge is 0.222 e. The lowest BCUT2D eigenvalue weighted by Crippen LogP contribution is -2.60. The molecule has 0 saturated heterocycles. The zero-order valence-corrected chi connectivity index (χ0v) is 9.09. The van der Waals surface area contributed by atoms with Gasteiger partial charge >= 0.3 is 18.3 Å². The minimum Gasteiger partial charge on any atom is -0.222 e. The van der Waals surface area contributed by atoms with E-state index in [0.29, 0.717) is 0 Å². The molecule has 0 aliphatic carbocycles. The fraction of sp³-hybridized carbons (Fsp3) is 0.667. The van der Waals surface area contributed by atoms with Crippen LogP contribution in [0.5, 0.6) is 0 Å². The van der Waals surface area contributed by atoms with Crippen molar-refractivity contribution in [3.05, 3.63) is 10.2 Å². The van der Waals surface area contributed by atoms with Gasteiger partial charge in [0.25, 0.3) is 5.67 Å². The van der Waals surface area contributed by atoms with Gasteiger partial charge in [-0.05, 0) is 10.2 Å². The van der Waals surface area contributed by atoms with Crippen molar-refractivity contribution in [2.24, 2.45) is 0 Å².